The highest BCUT2D eigenvalue weighted by Gasteiger charge is 2.37. The number of fused-ring (bicyclic) bond motifs is 4. The van der Waals surface area contributed by atoms with Crippen LogP contribution in [0.5, 0.6) is 0 Å². The predicted molar refractivity (Wildman–Crippen MR) is 222 cm³/mol. The van der Waals surface area contributed by atoms with Crippen LogP contribution in [0.25, 0.3) is 11.5 Å². The minimum Gasteiger partial charge on any atom is -0.822 e. The second-order valence-corrected chi connectivity index (χ2v) is 18.7. The number of carbonyl (C=O) groups is 2. The van der Waals surface area contributed by atoms with Crippen LogP contribution in [0.1, 0.15) is 48.5 Å². The summed E-state index contributed by atoms with van der Waals surface area (Å²) >= 11 is 37.6. The van der Waals surface area contributed by atoms with E-state index in [9.17, 15) is 29.0 Å². The van der Waals surface area contributed by atoms with Gasteiger partial charge in [0.2, 0.25) is 5.78 Å². The van der Waals surface area contributed by atoms with E-state index in [2.05, 4.69) is 73.6 Å². The molecule has 4 aromatic carbocycles. The first-order valence-corrected chi connectivity index (χ1v) is 23.1. The lowest BCUT2D eigenvalue weighted by atomic mass is 10.0. The average Bonchev–Trinajstić information content (AvgIpc) is 3.87. The molecule has 1 aliphatic heterocycles. The number of hydrogen-bond donors (Lipinski definition) is 2. The molecule has 0 unspecified atom stereocenters. The Hall–Kier alpha value is -1.82. The molecule has 2 N–H and O–H groups in total. The number of aliphatic hydroxyl groups is 1. The largest absolute Gasteiger partial charge is 0.822 e. The van der Waals surface area contributed by atoms with Crippen molar-refractivity contribution in [3.05, 3.63) is 149 Å². The lowest BCUT2D eigenvalue weighted by Gasteiger charge is -2.36. The van der Waals surface area contributed by atoms with Gasteiger partial charge in [-0.15, -0.1) is 0 Å². The highest BCUT2D eigenvalue weighted by molar-refractivity contribution is 9.11. The molecule has 1 heterocycles. The van der Waals surface area contributed by atoms with Crippen molar-refractivity contribution in [1.82, 2.24) is 0 Å². The molecule has 300 valence electrons. The quantitative estimate of drug-likeness (QED) is 0.143. The smallest absolute Gasteiger partial charge is 0.213 e. The number of phosphoric ester groups is 1. The molecule has 4 aromatic rings. The minimum atomic E-state index is -5.39. The molecule has 0 amide bonds. The van der Waals surface area contributed by atoms with E-state index in [1.54, 1.807) is 36.4 Å². The number of rotatable bonds is 2. The van der Waals surface area contributed by atoms with Gasteiger partial charge in [0.15, 0.2) is 5.78 Å². The van der Waals surface area contributed by atoms with Crippen molar-refractivity contribution >= 4 is 155 Å². The second-order valence-electron chi connectivity index (χ2n) is 11.8. The van der Waals surface area contributed by atoms with E-state index in [4.69, 9.17) is 65.6 Å². The maximum atomic E-state index is 12.8. The molecule has 22 heteroatoms. The van der Waals surface area contributed by atoms with Gasteiger partial charge in [-0.05, 0) is 136 Å². The minimum absolute atomic E-state index is 0.00892. The van der Waals surface area contributed by atoms with Crippen molar-refractivity contribution in [2.75, 3.05) is 5.32 Å². The maximum Gasteiger partial charge on any atom is 0.213 e. The third-order valence-corrected chi connectivity index (χ3v) is 13.8. The van der Waals surface area contributed by atoms with Crippen LogP contribution in [0.3, 0.4) is 0 Å². The normalized spacial score (nSPS) is 16.0. The molecule has 4 aliphatic rings. The second kappa shape index (κ2) is 18.4. The summed E-state index contributed by atoms with van der Waals surface area (Å²) in [6, 6.07) is 14.6. The summed E-state index contributed by atoms with van der Waals surface area (Å²) in [5.41, 5.74) is 6.08. The predicted octanol–water partition coefficient (Wildman–Crippen LogP) is 8.40. The van der Waals surface area contributed by atoms with Crippen LogP contribution >= 0.6 is 126 Å². The molecule has 0 saturated heterocycles. The van der Waals surface area contributed by atoms with Gasteiger partial charge in [0, 0.05) is 46.6 Å². The number of benzene rings is 4. The van der Waals surface area contributed by atoms with Gasteiger partial charge in [-0.2, -0.15) is 7.82 Å². The molecular formula is C35H18Br4Cl4NO11P2-5. The first kappa shape index (κ1) is 46.2. The highest BCUT2D eigenvalue weighted by Crippen LogP contribution is 2.45. The number of carbonyl (C=O) groups excluding carboxylic acids is 2. The van der Waals surface area contributed by atoms with Gasteiger partial charge in [-0.1, -0.05) is 64.6 Å². The van der Waals surface area contributed by atoms with E-state index in [-0.39, 0.29) is 28.8 Å². The lowest BCUT2D eigenvalue weighted by molar-refractivity contribution is -0.432. The van der Waals surface area contributed by atoms with Crippen LogP contribution in [0.15, 0.2) is 89.8 Å². The van der Waals surface area contributed by atoms with Gasteiger partial charge in [0.05, 0.1) is 37.0 Å². The number of aliphatic hydroxyl groups excluding tert-OH is 1. The maximum absolute atomic E-state index is 12.8. The Balaban J connectivity index is 0.000000163. The standard InChI is InChI=1S/C17H7Br2Cl2NO2.C9H7BrClO4P.C9H6BrClO.H3O4P/c18-8-2-1-6-5-7(16(23)11(6)13(8)20)15-17(24)12-10(22-15)4-3-9(19)14(12)21;10-6-3-1-5-2-4-7(8(5)9(6)11)15-16(12,13)14;10-6-3-1-5-2-4-7(12)8(5)9(6)11;1-5(2,3)4/h1-4,22H,5H2;1,3-4H,2H2,(H2,12,13,14);1,3-4,12H,2H2;(H3,1,2,3,4)/p-5/b15-7-;;;. The monoisotopic (exact) mass is 1150 g/mol. The molecule has 12 nitrogen and oxygen atoms in total. The van der Waals surface area contributed by atoms with Crippen molar-refractivity contribution in [1.29, 1.82) is 0 Å². The topological polar surface area (TPSA) is 225 Å². The summed E-state index contributed by atoms with van der Waals surface area (Å²) in [6.07, 6.45) is 4.92. The first-order chi connectivity index (χ1) is 26.5. The van der Waals surface area contributed by atoms with Crippen molar-refractivity contribution in [2.45, 2.75) is 19.3 Å². The SMILES string of the molecule is O=C1/C(=C2\Nc3ccc(Br)c(Cl)c3C2=O)Cc2ccc(Br)c(Cl)c21.O=P([O-])([O-])OC1=CCc2ccc(Br)c(Cl)c21.O=P([O-])([O-])[O-].OC1=CCc2ccc(Br)c(Cl)c21. The Kier molecular flexibility index (Phi) is 15.0. The number of anilines is 1. The van der Waals surface area contributed by atoms with Crippen molar-refractivity contribution < 1.29 is 52.8 Å². The zero-order valence-corrected chi connectivity index (χ0v) is 39.0. The highest BCUT2D eigenvalue weighted by atomic mass is 79.9. The van der Waals surface area contributed by atoms with Crippen LogP contribution in [0, 0.1) is 0 Å². The fourth-order valence-corrected chi connectivity index (χ4v) is 8.70. The van der Waals surface area contributed by atoms with Crippen LogP contribution in [-0.2, 0) is 32.9 Å². The fourth-order valence-electron chi connectivity index (χ4n) is 5.89. The van der Waals surface area contributed by atoms with Gasteiger partial charge < -0.3 is 48.5 Å². The third kappa shape index (κ3) is 10.7. The number of Topliss-reactive ketones (excluding diaryl/α,β-unsaturated/α-hetero) is 2. The number of ketones is 2. The molecule has 0 fully saturated rings. The molecule has 3 aliphatic carbocycles. The Morgan fingerprint density at radius 1 is 0.614 bits per heavy atom. The van der Waals surface area contributed by atoms with E-state index < -0.39 is 15.6 Å². The van der Waals surface area contributed by atoms with E-state index in [0.29, 0.717) is 74.3 Å². The Morgan fingerprint density at radius 3 is 1.60 bits per heavy atom. The first-order valence-electron chi connectivity index (χ1n) is 15.5. The number of hydrogen-bond acceptors (Lipinski definition) is 12. The van der Waals surface area contributed by atoms with Crippen molar-refractivity contribution in [3.8, 4) is 0 Å². The third-order valence-electron chi connectivity index (χ3n) is 8.26. The number of halogens is 8. The van der Waals surface area contributed by atoms with E-state index in [0.717, 1.165) is 33.1 Å². The summed E-state index contributed by atoms with van der Waals surface area (Å²) in [5.74, 6) is -0.205. The zero-order chi connectivity index (χ0) is 42.3. The Labute approximate surface area is 377 Å². The molecule has 0 atom stereocenters. The van der Waals surface area contributed by atoms with Crippen LogP contribution in [0.4, 0.5) is 5.69 Å². The van der Waals surface area contributed by atoms with E-state index in [1.165, 1.54) is 6.08 Å². The molecule has 8 rings (SSSR count). The summed E-state index contributed by atoms with van der Waals surface area (Å²) in [5, 5.41) is 14.1. The molecule has 0 aromatic heterocycles. The van der Waals surface area contributed by atoms with Gasteiger partial charge >= 0.3 is 0 Å². The molecule has 57 heavy (non-hydrogen) atoms. The number of nitrogens with one attached hydrogen (secondary N) is 1. The summed E-state index contributed by atoms with van der Waals surface area (Å²) in [7, 11) is -10.4. The molecular weight excluding hydrogens is 1130 g/mol. The van der Waals surface area contributed by atoms with Crippen LogP contribution in [-0.4, -0.2) is 16.7 Å². The molecule has 0 radical (unpaired) electrons. The van der Waals surface area contributed by atoms with Gasteiger partial charge in [-0.3, -0.25) is 9.59 Å². The van der Waals surface area contributed by atoms with E-state index in [1.807, 2.05) is 18.2 Å². The summed E-state index contributed by atoms with van der Waals surface area (Å²) in [6.45, 7) is 0. The summed E-state index contributed by atoms with van der Waals surface area (Å²) in [4.78, 5) is 72.3. The number of allylic oxidation sites excluding steroid dienone is 4. The van der Waals surface area contributed by atoms with Crippen LogP contribution < -0.4 is 29.8 Å². The van der Waals surface area contributed by atoms with Gasteiger partial charge in [-0.25, -0.2) is 0 Å². The van der Waals surface area contributed by atoms with Crippen molar-refractivity contribution in [3.63, 3.8) is 0 Å². The van der Waals surface area contributed by atoms with Crippen LogP contribution in [0.2, 0.25) is 20.1 Å². The van der Waals surface area contributed by atoms with Gasteiger partial charge in [0.25, 0.3) is 0 Å². The zero-order valence-electron chi connectivity index (χ0n) is 27.8. The lowest BCUT2D eigenvalue weighted by Crippen LogP contribution is -2.24. The Morgan fingerprint density at radius 2 is 1.05 bits per heavy atom. The molecule has 0 bridgehead atoms. The average molecular weight is 1150 g/mol. The number of phosphoric acid groups is 2. The summed E-state index contributed by atoms with van der Waals surface area (Å²) < 4.78 is 26.2. The molecule has 0 saturated carbocycles. The molecule has 0 spiro atoms. The fraction of sp³-hybridized carbons (Fsp3) is 0.0857. The van der Waals surface area contributed by atoms with E-state index >= 15 is 0 Å². The van der Waals surface area contributed by atoms with Crippen molar-refractivity contribution in [2.24, 2.45) is 0 Å². The van der Waals surface area contributed by atoms with Gasteiger partial charge in [0.1, 0.15) is 19.3 Å². The Bertz CT molecular complexity index is 2490.